The molecule has 0 aliphatic rings. The molecule has 0 rings (SSSR count). The maximum atomic E-state index is 11.0. The predicted octanol–water partition coefficient (Wildman–Crippen LogP) is 0.974. The van der Waals surface area contributed by atoms with E-state index in [2.05, 4.69) is 17.9 Å². The van der Waals surface area contributed by atoms with Gasteiger partial charge in [-0.15, -0.1) is 0 Å². The molecule has 0 aromatic heterocycles. The smallest absolute Gasteiger partial charge is 0.232 e. The van der Waals surface area contributed by atoms with Crippen molar-refractivity contribution < 1.29 is 9.90 Å². The van der Waals surface area contributed by atoms with Crippen LogP contribution < -0.4 is 5.32 Å². The summed E-state index contributed by atoms with van der Waals surface area (Å²) in [6, 6.07) is 0. The van der Waals surface area contributed by atoms with E-state index in [0.29, 0.717) is 0 Å². The summed E-state index contributed by atoms with van der Waals surface area (Å²) >= 11 is 4.01. The number of aliphatic hydroxyl groups excluding tert-OH is 1. The molecule has 0 fully saturated rings. The van der Waals surface area contributed by atoms with Crippen molar-refractivity contribution in [2.75, 3.05) is 13.2 Å². The summed E-state index contributed by atoms with van der Waals surface area (Å²) in [5.74, 6) is -0.00880. The van der Waals surface area contributed by atoms with Crippen LogP contribution in [0.3, 0.4) is 0 Å². The lowest BCUT2D eigenvalue weighted by molar-refractivity contribution is -0.120. The van der Waals surface area contributed by atoms with E-state index < -0.39 is 0 Å². The summed E-state index contributed by atoms with van der Waals surface area (Å²) in [4.78, 5) is 11.0. The fraction of sp³-hybridized carbons (Fsp3) is 0.889. The Hall–Kier alpha value is -0.220. The van der Waals surface area contributed by atoms with Gasteiger partial charge in [-0.2, -0.15) is 12.6 Å². The Morgan fingerprint density at radius 1 is 1.38 bits per heavy atom. The quantitative estimate of drug-likeness (QED) is 0.428. The minimum Gasteiger partial charge on any atom is -0.396 e. The van der Waals surface area contributed by atoms with Gasteiger partial charge >= 0.3 is 0 Å². The number of carbonyl (C=O) groups excluding carboxylic acids is 1. The van der Waals surface area contributed by atoms with E-state index in [1.165, 1.54) is 0 Å². The molecule has 78 valence electrons. The number of carbonyl (C=O) groups is 1. The van der Waals surface area contributed by atoms with E-state index in [1.807, 2.05) is 0 Å². The molecule has 0 saturated heterocycles. The normalized spacial score (nSPS) is 12.5. The predicted molar refractivity (Wildman–Crippen MR) is 57.0 cm³/mol. The number of hydrogen-bond acceptors (Lipinski definition) is 3. The van der Waals surface area contributed by atoms with Gasteiger partial charge in [-0.3, -0.25) is 4.79 Å². The Bertz CT molecular complexity index is 140. The third kappa shape index (κ3) is 8.12. The van der Waals surface area contributed by atoms with Crippen LogP contribution in [-0.4, -0.2) is 29.4 Å². The van der Waals surface area contributed by atoms with E-state index in [9.17, 15) is 4.79 Å². The molecule has 1 atom stereocenters. The third-order valence-electron chi connectivity index (χ3n) is 1.76. The lowest BCUT2D eigenvalue weighted by Gasteiger charge is -2.06. The van der Waals surface area contributed by atoms with Gasteiger partial charge in [-0.05, 0) is 19.8 Å². The molecule has 0 heterocycles. The number of thiol groups is 1. The molecule has 0 aliphatic heterocycles. The molecule has 3 nitrogen and oxygen atoms in total. The highest BCUT2D eigenvalue weighted by Crippen LogP contribution is 1.98. The molecule has 0 aromatic carbocycles. The fourth-order valence-electron chi connectivity index (χ4n) is 0.950. The van der Waals surface area contributed by atoms with Crippen LogP contribution in [-0.2, 0) is 4.79 Å². The Morgan fingerprint density at radius 3 is 2.54 bits per heavy atom. The minimum absolute atomic E-state index is 0.00880. The Kier molecular flexibility index (Phi) is 8.24. The molecule has 0 bridgehead atoms. The zero-order valence-electron chi connectivity index (χ0n) is 8.12. The van der Waals surface area contributed by atoms with Crippen LogP contribution >= 0.6 is 12.6 Å². The zero-order valence-corrected chi connectivity index (χ0v) is 9.02. The van der Waals surface area contributed by atoms with Gasteiger partial charge in [-0.25, -0.2) is 0 Å². The lowest BCUT2D eigenvalue weighted by atomic mass is 10.2. The standard InChI is InChI=1S/C9H19NO2S/c1-8(13)9(12)10-6-4-2-3-5-7-11/h8,11,13H,2-7H2,1H3,(H,10,12). The van der Waals surface area contributed by atoms with E-state index in [-0.39, 0.29) is 17.8 Å². The largest absolute Gasteiger partial charge is 0.396 e. The molecule has 4 heteroatoms. The Labute approximate surface area is 85.3 Å². The fourth-order valence-corrected chi connectivity index (χ4v) is 1.04. The van der Waals surface area contributed by atoms with Crippen LogP contribution in [0.25, 0.3) is 0 Å². The van der Waals surface area contributed by atoms with Gasteiger partial charge in [-0.1, -0.05) is 12.8 Å². The van der Waals surface area contributed by atoms with E-state index >= 15 is 0 Å². The minimum atomic E-state index is -0.225. The van der Waals surface area contributed by atoms with Crippen LogP contribution in [0.15, 0.2) is 0 Å². The van der Waals surface area contributed by atoms with E-state index in [1.54, 1.807) is 6.92 Å². The summed E-state index contributed by atoms with van der Waals surface area (Å²) in [6.07, 6.45) is 3.92. The zero-order chi connectivity index (χ0) is 10.1. The van der Waals surface area contributed by atoms with Gasteiger partial charge in [0.15, 0.2) is 0 Å². The number of nitrogens with one attached hydrogen (secondary N) is 1. The molecule has 0 aliphatic carbocycles. The molecule has 0 spiro atoms. The van der Waals surface area contributed by atoms with Crippen molar-refractivity contribution in [2.45, 2.75) is 37.9 Å². The highest BCUT2D eigenvalue weighted by atomic mass is 32.1. The maximum absolute atomic E-state index is 11.0. The SMILES string of the molecule is CC(S)C(=O)NCCCCCCO. The average Bonchev–Trinajstić information content (AvgIpc) is 2.10. The second-order valence-corrected chi connectivity index (χ2v) is 3.88. The second-order valence-electron chi connectivity index (χ2n) is 3.10. The molecule has 0 radical (unpaired) electrons. The summed E-state index contributed by atoms with van der Waals surface area (Å²) < 4.78 is 0. The van der Waals surface area contributed by atoms with Crippen molar-refractivity contribution in [2.24, 2.45) is 0 Å². The number of aliphatic hydroxyl groups is 1. The Morgan fingerprint density at radius 2 is 2.00 bits per heavy atom. The molecule has 13 heavy (non-hydrogen) atoms. The molecule has 0 aromatic rings. The van der Waals surface area contributed by atoms with Crippen LogP contribution in [0.4, 0.5) is 0 Å². The summed E-state index contributed by atoms with van der Waals surface area (Å²) in [6.45, 7) is 2.74. The highest BCUT2D eigenvalue weighted by molar-refractivity contribution is 7.81. The molecule has 2 N–H and O–H groups in total. The summed E-state index contributed by atoms with van der Waals surface area (Å²) in [5, 5.41) is 11.1. The summed E-state index contributed by atoms with van der Waals surface area (Å²) in [7, 11) is 0. The number of hydrogen-bond donors (Lipinski definition) is 3. The molecular formula is C9H19NO2S. The van der Waals surface area contributed by atoms with Gasteiger partial charge in [0.2, 0.25) is 5.91 Å². The highest BCUT2D eigenvalue weighted by Gasteiger charge is 2.05. The van der Waals surface area contributed by atoms with Crippen LogP contribution in [0.2, 0.25) is 0 Å². The monoisotopic (exact) mass is 205 g/mol. The van der Waals surface area contributed by atoms with Crippen molar-refractivity contribution >= 4 is 18.5 Å². The first-order chi connectivity index (χ1) is 6.18. The first-order valence-electron chi connectivity index (χ1n) is 4.75. The van der Waals surface area contributed by atoms with Gasteiger partial charge in [0.25, 0.3) is 0 Å². The van der Waals surface area contributed by atoms with Gasteiger partial charge < -0.3 is 10.4 Å². The second kappa shape index (κ2) is 8.38. The number of rotatable bonds is 7. The topological polar surface area (TPSA) is 49.3 Å². The molecular weight excluding hydrogens is 186 g/mol. The molecule has 1 amide bonds. The lowest BCUT2D eigenvalue weighted by Crippen LogP contribution is -2.30. The first kappa shape index (κ1) is 12.8. The average molecular weight is 205 g/mol. The van der Waals surface area contributed by atoms with Crippen molar-refractivity contribution in [3.63, 3.8) is 0 Å². The van der Waals surface area contributed by atoms with Gasteiger partial charge in [0, 0.05) is 13.2 Å². The number of unbranched alkanes of at least 4 members (excludes halogenated alkanes) is 3. The molecule has 0 saturated carbocycles. The van der Waals surface area contributed by atoms with Crippen LogP contribution in [0, 0.1) is 0 Å². The van der Waals surface area contributed by atoms with E-state index in [0.717, 1.165) is 32.2 Å². The summed E-state index contributed by atoms with van der Waals surface area (Å²) in [5.41, 5.74) is 0. The van der Waals surface area contributed by atoms with Crippen LogP contribution in [0.1, 0.15) is 32.6 Å². The van der Waals surface area contributed by atoms with Crippen LogP contribution in [0.5, 0.6) is 0 Å². The van der Waals surface area contributed by atoms with E-state index in [4.69, 9.17) is 5.11 Å². The van der Waals surface area contributed by atoms with Crippen molar-refractivity contribution in [1.29, 1.82) is 0 Å². The van der Waals surface area contributed by atoms with Crippen molar-refractivity contribution in [3.8, 4) is 0 Å². The van der Waals surface area contributed by atoms with Gasteiger partial charge in [0.1, 0.15) is 0 Å². The molecule has 1 unspecified atom stereocenters. The maximum Gasteiger partial charge on any atom is 0.232 e. The third-order valence-corrected chi connectivity index (χ3v) is 2.00. The van der Waals surface area contributed by atoms with Crippen molar-refractivity contribution in [1.82, 2.24) is 5.32 Å². The van der Waals surface area contributed by atoms with Gasteiger partial charge in [0.05, 0.1) is 5.25 Å². The first-order valence-corrected chi connectivity index (χ1v) is 5.26. The number of amides is 1. The van der Waals surface area contributed by atoms with Crippen molar-refractivity contribution in [3.05, 3.63) is 0 Å². The Balaban J connectivity index is 3.12.